The van der Waals surface area contributed by atoms with Crippen molar-refractivity contribution in [3.8, 4) is 5.75 Å². The summed E-state index contributed by atoms with van der Waals surface area (Å²) in [7, 11) is 1.62. The number of amides is 1. The van der Waals surface area contributed by atoms with E-state index in [9.17, 15) is 4.79 Å². The Morgan fingerprint density at radius 2 is 1.69 bits per heavy atom. The van der Waals surface area contributed by atoms with Crippen molar-refractivity contribution in [2.75, 3.05) is 43.5 Å². The SMILES string of the molecule is C=CN(/C(=C(\C)c1ccccc1)c1c(C(=O)Nc2cc(OC)ccc2N2CCNCC2)[nH]c2cc(Cl)ccc12)C(C)c1ccc(Cl)cc1Cl. The number of carbonyl (C=O) groups is 1. The highest BCUT2D eigenvalue weighted by molar-refractivity contribution is 6.35. The lowest BCUT2D eigenvalue weighted by Crippen LogP contribution is -2.43. The minimum absolute atomic E-state index is 0.290. The average Bonchev–Trinajstić information content (AvgIpc) is 3.48. The van der Waals surface area contributed by atoms with E-state index in [-0.39, 0.29) is 11.9 Å². The summed E-state index contributed by atoms with van der Waals surface area (Å²) in [5.41, 5.74) is 6.94. The third-order valence-corrected chi connectivity index (χ3v) is 9.78. The Labute approximate surface area is 302 Å². The molecular weight excluding hydrogens is 677 g/mol. The quantitative estimate of drug-likeness (QED) is 0.134. The summed E-state index contributed by atoms with van der Waals surface area (Å²) in [6, 6.07) is 26.7. The zero-order chi connectivity index (χ0) is 34.7. The number of H-pyrrole nitrogens is 1. The maximum Gasteiger partial charge on any atom is 0.272 e. The molecular formula is C39H38Cl3N5O2. The molecule has 1 aromatic heterocycles. The van der Waals surface area contributed by atoms with Gasteiger partial charge in [0.25, 0.3) is 5.91 Å². The van der Waals surface area contributed by atoms with Crippen molar-refractivity contribution in [3.05, 3.63) is 135 Å². The monoisotopic (exact) mass is 713 g/mol. The van der Waals surface area contributed by atoms with Gasteiger partial charge in [0.15, 0.2) is 0 Å². The molecule has 0 radical (unpaired) electrons. The van der Waals surface area contributed by atoms with Crippen molar-refractivity contribution in [1.29, 1.82) is 0 Å². The highest BCUT2D eigenvalue weighted by Crippen LogP contribution is 2.43. The van der Waals surface area contributed by atoms with Crippen LogP contribution in [0.2, 0.25) is 15.1 Å². The number of fused-ring (bicyclic) bond motifs is 1. The fourth-order valence-electron chi connectivity index (χ4n) is 6.46. The van der Waals surface area contributed by atoms with Gasteiger partial charge >= 0.3 is 0 Å². The normalized spacial score (nSPS) is 14.3. The van der Waals surface area contributed by atoms with Crippen LogP contribution in [-0.4, -0.2) is 49.1 Å². The van der Waals surface area contributed by atoms with E-state index < -0.39 is 0 Å². The molecule has 1 atom stereocenters. The molecule has 2 heterocycles. The highest BCUT2D eigenvalue weighted by atomic mass is 35.5. The summed E-state index contributed by atoms with van der Waals surface area (Å²) in [4.78, 5) is 22.4. The fourth-order valence-corrected chi connectivity index (χ4v) is 7.20. The third-order valence-electron chi connectivity index (χ3n) is 8.98. The van der Waals surface area contributed by atoms with E-state index in [1.165, 1.54) is 0 Å². The molecule has 0 saturated carbocycles. The Bertz CT molecular complexity index is 2040. The Kier molecular flexibility index (Phi) is 10.6. The van der Waals surface area contributed by atoms with Gasteiger partial charge in [-0.05, 0) is 73.1 Å². The van der Waals surface area contributed by atoms with Crippen LogP contribution < -0.4 is 20.3 Å². The lowest BCUT2D eigenvalue weighted by atomic mass is 9.95. The second-order valence-corrected chi connectivity index (χ2v) is 13.2. The van der Waals surface area contributed by atoms with E-state index >= 15 is 0 Å². The van der Waals surface area contributed by atoms with Crippen LogP contribution in [0.5, 0.6) is 5.75 Å². The third kappa shape index (κ3) is 7.17. The Morgan fingerprint density at radius 1 is 0.980 bits per heavy atom. The molecule has 49 heavy (non-hydrogen) atoms. The van der Waals surface area contributed by atoms with Crippen molar-refractivity contribution in [3.63, 3.8) is 0 Å². The van der Waals surface area contributed by atoms with Crippen molar-refractivity contribution >= 4 is 74.3 Å². The predicted molar refractivity (Wildman–Crippen MR) is 205 cm³/mol. The summed E-state index contributed by atoms with van der Waals surface area (Å²) in [5, 5.41) is 9.09. The van der Waals surface area contributed by atoms with E-state index in [0.29, 0.717) is 37.8 Å². The van der Waals surface area contributed by atoms with Gasteiger partial charge in [-0.3, -0.25) is 4.79 Å². The molecule has 1 fully saturated rings. The molecule has 1 aliphatic heterocycles. The molecule has 10 heteroatoms. The molecule has 252 valence electrons. The number of ether oxygens (including phenoxy) is 1. The summed E-state index contributed by atoms with van der Waals surface area (Å²) >= 11 is 19.6. The van der Waals surface area contributed by atoms with Crippen LogP contribution in [0.1, 0.15) is 47.1 Å². The molecule has 1 unspecified atom stereocenters. The van der Waals surface area contributed by atoms with Crippen LogP contribution in [0.25, 0.3) is 22.2 Å². The number of aromatic amines is 1. The van der Waals surface area contributed by atoms with Gasteiger partial charge in [-0.1, -0.05) is 83.8 Å². The molecule has 5 aromatic rings. The maximum absolute atomic E-state index is 14.7. The standard InChI is InChI=1S/C39H38Cl3N5O2/c1-5-47(25(3)30-14-11-27(40)21-32(30)42)38(24(2)26-9-7-6-8-10-26)36-31-15-12-28(41)22-33(31)44-37(36)39(48)45-34-23-29(49-4)13-16-35(34)46-19-17-43-18-20-46/h5-16,21-23,25,43-44H,1,17-20H2,2-4H3,(H,45,48)/b38-24+. The number of halogens is 3. The summed E-state index contributed by atoms with van der Waals surface area (Å²) in [6.45, 7) is 11.7. The van der Waals surface area contributed by atoms with Gasteiger partial charge in [0.05, 0.1) is 30.2 Å². The summed E-state index contributed by atoms with van der Waals surface area (Å²) in [6.07, 6.45) is 1.78. The van der Waals surface area contributed by atoms with Gasteiger partial charge in [-0.25, -0.2) is 0 Å². The zero-order valence-corrected chi connectivity index (χ0v) is 29.9. The molecule has 0 bridgehead atoms. The van der Waals surface area contributed by atoms with E-state index in [4.69, 9.17) is 39.5 Å². The van der Waals surface area contributed by atoms with E-state index in [1.54, 1.807) is 19.4 Å². The van der Waals surface area contributed by atoms with Crippen LogP contribution in [-0.2, 0) is 0 Å². The number of nitrogens with one attached hydrogen (secondary N) is 3. The number of allylic oxidation sites excluding steroid dienone is 1. The number of aromatic nitrogens is 1. The van der Waals surface area contributed by atoms with Crippen molar-refractivity contribution in [2.24, 2.45) is 0 Å². The summed E-state index contributed by atoms with van der Waals surface area (Å²) < 4.78 is 5.57. The molecule has 7 nitrogen and oxygen atoms in total. The number of carbonyl (C=O) groups excluding carboxylic acids is 1. The minimum Gasteiger partial charge on any atom is -0.497 e. The van der Waals surface area contributed by atoms with Crippen molar-refractivity contribution in [1.82, 2.24) is 15.2 Å². The van der Waals surface area contributed by atoms with Gasteiger partial charge in [0.1, 0.15) is 11.4 Å². The molecule has 3 N–H and O–H groups in total. The number of benzene rings is 4. The van der Waals surface area contributed by atoms with Crippen molar-refractivity contribution < 1.29 is 9.53 Å². The van der Waals surface area contributed by atoms with Crippen LogP contribution in [0.4, 0.5) is 11.4 Å². The second-order valence-electron chi connectivity index (χ2n) is 11.9. The number of nitrogens with zero attached hydrogens (tertiary/aromatic N) is 2. The number of methoxy groups -OCH3 is 1. The van der Waals surface area contributed by atoms with Gasteiger partial charge in [-0.15, -0.1) is 0 Å². The Hall–Kier alpha value is -4.40. The van der Waals surface area contributed by atoms with E-state index in [1.807, 2.05) is 66.7 Å². The first kappa shape index (κ1) is 34.5. The van der Waals surface area contributed by atoms with Gasteiger partial charge in [-0.2, -0.15) is 0 Å². The van der Waals surface area contributed by atoms with Gasteiger partial charge in [0, 0.05) is 63.8 Å². The zero-order valence-electron chi connectivity index (χ0n) is 27.6. The number of rotatable bonds is 10. The first-order valence-electron chi connectivity index (χ1n) is 16.1. The molecule has 1 amide bonds. The average molecular weight is 715 g/mol. The number of anilines is 2. The second kappa shape index (κ2) is 15.0. The molecule has 6 rings (SSSR count). The topological polar surface area (TPSA) is 72.6 Å². The number of piperazine rings is 1. The maximum atomic E-state index is 14.7. The molecule has 0 spiro atoms. The molecule has 1 saturated heterocycles. The first-order valence-corrected chi connectivity index (χ1v) is 17.2. The minimum atomic E-state index is -0.313. The number of hydrogen-bond donors (Lipinski definition) is 3. The smallest absolute Gasteiger partial charge is 0.272 e. The molecule has 4 aromatic carbocycles. The van der Waals surface area contributed by atoms with Gasteiger partial charge < -0.3 is 30.2 Å². The summed E-state index contributed by atoms with van der Waals surface area (Å²) in [5.74, 6) is 0.330. The van der Waals surface area contributed by atoms with Crippen LogP contribution in [0.3, 0.4) is 0 Å². The fraction of sp³-hybridized carbons (Fsp3) is 0.205. The van der Waals surface area contributed by atoms with Crippen LogP contribution in [0, 0.1) is 0 Å². The highest BCUT2D eigenvalue weighted by Gasteiger charge is 2.30. The van der Waals surface area contributed by atoms with E-state index in [2.05, 4.69) is 58.0 Å². The van der Waals surface area contributed by atoms with Crippen LogP contribution >= 0.6 is 34.8 Å². The van der Waals surface area contributed by atoms with Crippen LogP contribution in [0.15, 0.2) is 97.7 Å². The van der Waals surface area contributed by atoms with Gasteiger partial charge in [0.2, 0.25) is 0 Å². The van der Waals surface area contributed by atoms with E-state index in [0.717, 1.165) is 65.2 Å². The van der Waals surface area contributed by atoms with Crippen molar-refractivity contribution in [2.45, 2.75) is 19.9 Å². The molecule has 0 aliphatic carbocycles. The lowest BCUT2D eigenvalue weighted by Gasteiger charge is -2.33. The Morgan fingerprint density at radius 3 is 2.39 bits per heavy atom. The first-order chi connectivity index (χ1) is 23.7. The lowest BCUT2D eigenvalue weighted by molar-refractivity contribution is 0.102. The Balaban J connectivity index is 1.56. The molecule has 1 aliphatic rings. The predicted octanol–water partition coefficient (Wildman–Crippen LogP) is 9.89. The largest absolute Gasteiger partial charge is 0.497 e. The number of hydrogen-bond acceptors (Lipinski definition) is 5.